The Morgan fingerprint density at radius 3 is 2.52 bits per heavy atom. The highest BCUT2D eigenvalue weighted by Crippen LogP contribution is 2.25. The first-order valence-corrected chi connectivity index (χ1v) is 8.22. The monoisotopic (exact) mass is 329 g/mol. The molecule has 0 aliphatic carbocycles. The molecule has 23 heavy (non-hydrogen) atoms. The molecular weight excluding hydrogens is 298 g/mol. The second-order valence-corrected chi connectivity index (χ2v) is 7.25. The summed E-state index contributed by atoms with van der Waals surface area (Å²) in [7, 11) is 0. The lowest BCUT2D eigenvalue weighted by Gasteiger charge is -2.35. The average molecular weight is 329 g/mol. The van der Waals surface area contributed by atoms with Crippen LogP contribution in [0.25, 0.3) is 0 Å². The molecule has 134 valence electrons. The molecule has 7 heteroatoms. The molecular formula is C16H31N3O4. The highest BCUT2D eigenvalue weighted by atomic mass is 16.5. The quantitative estimate of drug-likeness (QED) is 0.564. The Morgan fingerprint density at radius 2 is 2.04 bits per heavy atom. The molecule has 0 bridgehead atoms. The SMILES string of the molecule is C[C@@H]1C[C@@H](O)CN1C(=O)C(NC(=O)CCOCCN)C(C)(C)C. The van der Waals surface area contributed by atoms with E-state index in [4.69, 9.17) is 10.5 Å². The summed E-state index contributed by atoms with van der Waals surface area (Å²) in [6.07, 6.45) is 0.275. The van der Waals surface area contributed by atoms with Crippen molar-refractivity contribution < 1.29 is 19.4 Å². The topological polar surface area (TPSA) is 105 Å². The van der Waals surface area contributed by atoms with Crippen LogP contribution in [0.5, 0.6) is 0 Å². The van der Waals surface area contributed by atoms with Crippen molar-refractivity contribution in [1.29, 1.82) is 0 Å². The van der Waals surface area contributed by atoms with Crippen LogP contribution in [0.15, 0.2) is 0 Å². The number of aliphatic hydroxyl groups is 1. The normalized spacial score (nSPS) is 23.0. The maximum absolute atomic E-state index is 12.8. The molecule has 1 aliphatic heterocycles. The third-order valence-electron chi connectivity index (χ3n) is 3.99. The predicted octanol–water partition coefficient (Wildman–Crippen LogP) is -0.136. The van der Waals surface area contributed by atoms with Crippen LogP contribution >= 0.6 is 0 Å². The van der Waals surface area contributed by atoms with Gasteiger partial charge in [-0.1, -0.05) is 20.8 Å². The molecule has 0 aromatic rings. The molecule has 1 rings (SSSR count). The molecule has 7 nitrogen and oxygen atoms in total. The lowest BCUT2D eigenvalue weighted by atomic mass is 9.85. The van der Waals surface area contributed by atoms with Crippen LogP contribution in [-0.2, 0) is 14.3 Å². The average Bonchev–Trinajstić information content (AvgIpc) is 2.78. The summed E-state index contributed by atoms with van der Waals surface area (Å²) in [5.74, 6) is -0.361. The van der Waals surface area contributed by atoms with E-state index in [0.29, 0.717) is 26.1 Å². The van der Waals surface area contributed by atoms with Crippen molar-refractivity contribution in [2.75, 3.05) is 26.3 Å². The van der Waals surface area contributed by atoms with Crippen molar-refractivity contribution in [3.05, 3.63) is 0 Å². The van der Waals surface area contributed by atoms with E-state index < -0.39 is 17.6 Å². The van der Waals surface area contributed by atoms with Gasteiger partial charge in [0.1, 0.15) is 6.04 Å². The van der Waals surface area contributed by atoms with Crippen LogP contribution in [0, 0.1) is 5.41 Å². The molecule has 4 N–H and O–H groups in total. The van der Waals surface area contributed by atoms with Crippen molar-refractivity contribution in [3.8, 4) is 0 Å². The first kappa shape index (κ1) is 19.9. The summed E-state index contributed by atoms with van der Waals surface area (Å²) < 4.78 is 5.20. The Labute approximate surface area is 138 Å². The number of likely N-dealkylation sites (tertiary alicyclic amines) is 1. The van der Waals surface area contributed by atoms with Crippen LogP contribution in [0.3, 0.4) is 0 Å². The number of nitrogens with one attached hydrogen (secondary N) is 1. The Balaban J connectivity index is 2.66. The second-order valence-electron chi connectivity index (χ2n) is 7.25. The fraction of sp³-hybridized carbons (Fsp3) is 0.875. The first-order valence-electron chi connectivity index (χ1n) is 8.22. The molecule has 3 atom stereocenters. The van der Waals surface area contributed by atoms with Crippen LogP contribution < -0.4 is 11.1 Å². The van der Waals surface area contributed by atoms with E-state index in [1.165, 1.54) is 0 Å². The number of hydrogen-bond acceptors (Lipinski definition) is 5. The summed E-state index contributed by atoms with van der Waals surface area (Å²) in [5, 5.41) is 12.6. The van der Waals surface area contributed by atoms with E-state index in [0.717, 1.165) is 0 Å². The molecule has 1 unspecified atom stereocenters. The fourth-order valence-electron chi connectivity index (χ4n) is 2.71. The number of carbonyl (C=O) groups excluding carboxylic acids is 2. The van der Waals surface area contributed by atoms with E-state index in [9.17, 15) is 14.7 Å². The van der Waals surface area contributed by atoms with Gasteiger partial charge in [0.15, 0.2) is 0 Å². The van der Waals surface area contributed by atoms with Crippen LogP contribution in [0.4, 0.5) is 0 Å². The van der Waals surface area contributed by atoms with Crippen LogP contribution in [0.1, 0.15) is 40.5 Å². The summed E-state index contributed by atoms with van der Waals surface area (Å²) in [4.78, 5) is 26.6. The van der Waals surface area contributed by atoms with Gasteiger partial charge in [-0.25, -0.2) is 0 Å². The summed E-state index contributed by atoms with van der Waals surface area (Å²) in [6.45, 7) is 9.09. The van der Waals surface area contributed by atoms with Crippen molar-refractivity contribution in [2.45, 2.75) is 58.7 Å². The lowest BCUT2D eigenvalue weighted by Crippen LogP contribution is -2.55. The third-order valence-corrected chi connectivity index (χ3v) is 3.99. The minimum absolute atomic E-state index is 0.0212. The van der Waals surface area contributed by atoms with Crippen LogP contribution in [0.2, 0.25) is 0 Å². The Hall–Kier alpha value is -1.18. The second kappa shape index (κ2) is 8.61. The zero-order valence-electron chi connectivity index (χ0n) is 14.7. The van der Waals surface area contributed by atoms with E-state index in [2.05, 4.69) is 5.32 Å². The molecule has 0 aromatic heterocycles. The van der Waals surface area contributed by atoms with Crippen molar-refractivity contribution in [2.24, 2.45) is 11.1 Å². The smallest absolute Gasteiger partial charge is 0.246 e. The van der Waals surface area contributed by atoms with Gasteiger partial charge in [0.05, 0.1) is 19.3 Å². The minimum Gasteiger partial charge on any atom is -0.391 e. The number of aliphatic hydroxyl groups excluding tert-OH is 1. The van der Waals surface area contributed by atoms with Crippen molar-refractivity contribution in [3.63, 3.8) is 0 Å². The van der Waals surface area contributed by atoms with Gasteiger partial charge in [0, 0.05) is 25.6 Å². The third kappa shape index (κ3) is 6.08. The van der Waals surface area contributed by atoms with E-state index >= 15 is 0 Å². The first-order chi connectivity index (χ1) is 10.7. The molecule has 1 fully saturated rings. The van der Waals surface area contributed by atoms with Gasteiger partial charge >= 0.3 is 0 Å². The molecule has 1 saturated heterocycles. The predicted molar refractivity (Wildman–Crippen MR) is 87.7 cm³/mol. The summed E-state index contributed by atoms with van der Waals surface area (Å²) >= 11 is 0. The van der Waals surface area contributed by atoms with Gasteiger partial charge in [-0.3, -0.25) is 9.59 Å². The lowest BCUT2D eigenvalue weighted by molar-refractivity contribution is -0.140. The number of amides is 2. The molecule has 0 aromatic carbocycles. The standard InChI is InChI=1S/C16H31N3O4/c1-11-9-12(20)10-19(11)15(22)14(16(2,3)4)18-13(21)5-7-23-8-6-17/h11-12,14,20H,5-10,17H2,1-4H3,(H,18,21)/t11-,12-,14?/m1/s1. The fourth-order valence-corrected chi connectivity index (χ4v) is 2.71. The number of nitrogens with zero attached hydrogens (tertiary/aromatic N) is 1. The van der Waals surface area contributed by atoms with Gasteiger partial charge in [0.25, 0.3) is 0 Å². The van der Waals surface area contributed by atoms with Gasteiger partial charge in [-0.15, -0.1) is 0 Å². The minimum atomic E-state index is -0.628. The Kier molecular flexibility index (Phi) is 7.44. The van der Waals surface area contributed by atoms with E-state index in [1.54, 1.807) is 4.90 Å². The number of hydrogen-bond donors (Lipinski definition) is 3. The number of ether oxygens (including phenoxy) is 1. The maximum Gasteiger partial charge on any atom is 0.246 e. The molecule has 0 saturated carbocycles. The van der Waals surface area contributed by atoms with Crippen molar-refractivity contribution >= 4 is 11.8 Å². The number of carbonyl (C=O) groups is 2. The van der Waals surface area contributed by atoms with Gasteiger partial charge in [0.2, 0.25) is 11.8 Å². The number of rotatable bonds is 7. The van der Waals surface area contributed by atoms with Crippen LogP contribution in [-0.4, -0.2) is 66.3 Å². The highest BCUT2D eigenvalue weighted by Gasteiger charge is 2.40. The summed E-state index contributed by atoms with van der Waals surface area (Å²) in [6, 6.07) is -0.649. The maximum atomic E-state index is 12.8. The van der Waals surface area contributed by atoms with Gasteiger partial charge in [-0.2, -0.15) is 0 Å². The zero-order chi connectivity index (χ0) is 17.6. The van der Waals surface area contributed by atoms with E-state index in [-0.39, 0.29) is 30.9 Å². The van der Waals surface area contributed by atoms with Gasteiger partial charge < -0.3 is 25.8 Å². The van der Waals surface area contributed by atoms with E-state index in [1.807, 2.05) is 27.7 Å². The van der Waals surface area contributed by atoms with Gasteiger partial charge in [-0.05, 0) is 18.8 Å². The molecule has 0 spiro atoms. The zero-order valence-corrected chi connectivity index (χ0v) is 14.7. The molecule has 0 radical (unpaired) electrons. The molecule has 2 amide bonds. The van der Waals surface area contributed by atoms with Crippen molar-refractivity contribution in [1.82, 2.24) is 10.2 Å². The Bertz CT molecular complexity index is 409. The molecule has 1 heterocycles. The highest BCUT2D eigenvalue weighted by molar-refractivity contribution is 5.88. The number of nitrogens with two attached hydrogens (primary N) is 1. The molecule has 1 aliphatic rings. The number of β-amino-alcohol motifs (C(OH)–C–C–N with tert-alkyl or cyclic N) is 1. The largest absolute Gasteiger partial charge is 0.391 e. The summed E-state index contributed by atoms with van der Waals surface area (Å²) in [5.41, 5.74) is 4.90. The Morgan fingerprint density at radius 1 is 1.39 bits per heavy atom.